The number of rotatable bonds is 3. The Morgan fingerprint density at radius 1 is 1.23 bits per heavy atom. The van der Waals surface area contributed by atoms with Crippen molar-refractivity contribution in [3.8, 4) is 0 Å². The third-order valence-electron chi connectivity index (χ3n) is 3.67. The van der Waals surface area contributed by atoms with E-state index in [1.165, 1.54) is 0 Å². The third kappa shape index (κ3) is 3.65. The smallest absolute Gasteiger partial charge is 0.254 e. The molecule has 2 aromatic rings. The highest BCUT2D eigenvalue weighted by Crippen LogP contribution is 2.14. The van der Waals surface area contributed by atoms with E-state index in [9.17, 15) is 4.79 Å². The van der Waals surface area contributed by atoms with Gasteiger partial charge in [0.1, 0.15) is 0 Å². The van der Waals surface area contributed by atoms with Crippen molar-refractivity contribution in [2.45, 2.75) is 6.42 Å². The molecule has 1 amide bonds. The van der Waals surface area contributed by atoms with Gasteiger partial charge in [-0.1, -0.05) is 0 Å². The molecule has 0 saturated carbocycles. The van der Waals surface area contributed by atoms with Crippen molar-refractivity contribution >= 4 is 5.91 Å². The molecule has 3 rings (SSSR count). The van der Waals surface area contributed by atoms with Gasteiger partial charge in [-0.3, -0.25) is 19.7 Å². The van der Waals surface area contributed by atoms with Gasteiger partial charge in [0.2, 0.25) is 0 Å². The molecule has 6 nitrogen and oxygen atoms in total. The molecule has 0 radical (unpaired) electrons. The summed E-state index contributed by atoms with van der Waals surface area (Å²) in [6.07, 6.45) is 9.14. The minimum absolute atomic E-state index is 0.0250. The van der Waals surface area contributed by atoms with Gasteiger partial charge in [0, 0.05) is 55.6 Å². The first-order chi connectivity index (χ1) is 10.8. The third-order valence-corrected chi connectivity index (χ3v) is 3.67. The Kier molecular flexibility index (Phi) is 4.70. The number of hydrogen-bond donors (Lipinski definition) is 0. The molecule has 1 aliphatic heterocycles. The van der Waals surface area contributed by atoms with Crippen molar-refractivity contribution in [2.75, 3.05) is 26.3 Å². The highest BCUT2D eigenvalue weighted by molar-refractivity contribution is 5.94. The van der Waals surface area contributed by atoms with Gasteiger partial charge in [-0.25, -0.2) is 0 Å². The number of aromatic nitrogens is 3. The van der Waals surface area contributed by atoms with E-state index < -0.39 is 0 Å². The molecule has 114 valence electrons. The summed E-state index contributed by atoms with van der Waals surface area (Å²) >= 11 is 0. The van der Waals surface area contributed by atoms with Crippen LogP contribution < -0.4 is 0 Å². The van der Waals surface area contributed by atoms with Crippen LogP contribution in [0.25, 0.3) is 0 Å². The molecule has 22 heavy (non-hydrogen) atoms. The standard InChI is InChI=1S/C16H18N4O2/c21-16(14-1-3-17-4-2-14)20-7-8-22-12-13(11-20)9-15-10-18-5-6-19-15/h1-6,10,13H,7-9,11-12H2. The van der Waals surface area contributed by atoms with Gasteiger partial charge in [-0.2, -0.15) is 0 Å². The summed E-state index contributed by atoms with van der Waals surface area (Å²) in [5, 5.41) is 0. The molecule has 1 unspecified atom stereocenters. The SMILES string of the molecule is O=C(c1ccncc1)N1CCOCC(Cc2cnccn2)C1. The first kappa shape index (κ1) is 14.6. The van der Waals surface area contributed by atoms with Gasteiger partial charge < -0.3 is 9.64 Å². The van der Waals surface area contributed by atoms with Crippen LogP contribution in [-0.2, 0) is 11.2 Å². The maximum absolute atomic E-state index is 12.6. The van der Waals surface area contributed by atoms with Crippen LogP contribution in [0.3, 0.4) is 0 Å². The van der Waals surface area contributed by atoms with Crippen LogP contribution in [0, 0.1) is 5.92 Å². The van der Waals surface area contributed by atoms with Gasteiger partial charge in [-0.15, -0.1) is 0 Å². The number of carbonyl (C=O) groups excluding carboxylic acids is 1. The van der Waals surface area contributed by atoms with Gasteiger partial charge in [0.25, 0.3) is 5.91 Å². The normalized spacial score (nSPS) is 18.7. The van der Waals surface area contributed by atoms with Crippen molar-refractivity contribution < 1.29 is 9.53 Å². The zero-order valence-electron chi connectivity index (χ0n) is 12.3. The molecular formula is C16H18N4O2. The summed E-state index contributed by atoms with van der Waals surface area (Å²) in [6, 6.07) is 3.48. The van der Waals surface area contributed by atoms with Gasteiger partial charge in [0.05, 0.1) is 18.9 Å². The highest BCUT2D eigenvalue weighted by Gasteiger charge is 2.23. The fourth-order valence-corrected chi connectivity index (χ4v) is 2.60. The lowest BCUT2D eigenvalue weighted by atomic mass is 10.0. The molecule has 1 fully saturated rings. The van der Waals surface area contributed by atoms with E-state index in [1.54, 1.807) is 43.1 Å². The summed E-state index contributed by atoms with van der Waals surface area (Å²) in [7, 11) is 0. The molecule has 6 heteroatoms. The first-order valence-electron chi connectivity index (χ1n) is 7.35. The number of carbonyl (C=O) groups is 1. The van der Waals surface area contributed by atoms with Crippen molar-refractivity contribution in [2.24, 2.45) is 5.92 Å². The predicted molar refractivity (Wildman–Crippen MR) is 80.2 cm³/mol. The Balaban J connectivity index is 1.69. The van der Waals surface area contributed by atoms with Crippen LogP contribution >= 0.6 is 0 Å². The maximum Gasteiger partial charge on any atom is 0.254 e. The molecule has 0 aliphatic carbocycles. The summed E-state index contributed by atoms with van der Waals surface area (Å²) in [5.74, 6) is 0.252. The Bertz CT molecular complexity index is 606. The van der Waals surface area contributed by atoms with E-state index in [-0.39, 0.29) is 11.8 Å². The van der Waals surface area contributed by atoms with E-state index in [1.807, 2.05) is 4.90 Å². The van der Waals surface area contributed by atoms with Crippen LogP contribution in [0.4, 0.5) is 0 Å². The Morgan fingerprint density at radius 2 is 2.09 bits per heavy atom. The lowest BCUT2D eigenvalue weighted by Crippen LogP contribution is -2.36. The molecule has 3 heterocycles. The lowest BCUT2D eigenvalue weighted by molar-refractivity contribution is 0.0737. The first-order valence-corrected chi connectivity index (χ1v) is 7.35. The Morgan fingerprint density at radius 3 is 2.86 bits per heavy atom. The molecule has 0 bridgehead atoms. The predicted octanol–water partition coefficient (Wildman–Crippen LogP) is 1.20. The van der Waals surface area contributed by atoms with Crippen molar-refractivity contribution in [1.82, 2.24) is 19.9 Å². The number of amides is 1. The number of pyridine rings is 1. The monoisotopic (exact) mass is 298 g/mol. The van der Waals surface area contributed by atoms with Crippen molar-refractivity contribution in [3.05, 3.63) is 54.4 Å². The average Bonchev–Trinajstić information content (AvgIpc) is 2.81. The van der Waals surface area contributed by atoms with E-state index in [0.717, 1.165) is 12.1 Å². The Labute approximate surface area is 129 Å². The van der Waals surface area contributed by atoms with Crippen LogP contribution in [-0.4, -0.2) is 52.1 Å². The lowest BCUT2D eigenvalue weighted by Gasteiger charge is -2.23. The minimum Gasteiger partial charge on any atom is -0.379 e. The second kappa shape index (κ2) is 7.09. The average molecular weight is 298 g/mol. The summed E-state index contributed by atoms with van der Waals surface area (Å²) in [5.41, 5.74) is 1.59. The summed E-state index contributed by atoms with van der Waals surface area (Å²) < 4.78 is 5.64. The zero-order valence-corrected chi connectivity index (χ0v) is 12.3. The summed E-state index contributed by atoms with van der Waals surface area (Å²) in [6.45, 7) is 2.47. The van der Waals surface area contributed by atoms with Crippen LogP contribution in [0.5, 0.6) is 0 Å². The molecule has 1 atom stereocenters. The number of ether oxygens (including phenoxy) is 1. The van der Waals surface area contributed by atoms with Crippen molar-refractivity contribution in [3.63, 3.8) is 0 Å². The van der Waals surface area contributed by atoms with E-state index in [4.69, 9.17) is 4.74 Å². The van der Waals surface area contributed by atoms with E-state index in [2.05, 4.69) is 15.0 Å². The molecule has 1 aliphatic rings. The molecule has 0 N–H and O–H groups in total. The quantitative estimate of drug-likeness (QED) is 0.852. The van der Waals surface area contributed by atoms with Gasteiger partial charge >= 0.3 is 0 Å². The van der Waals surface area contributed by atoms with Gasteiger partial charge in [0.15, 0.2) is 0 Å². The fraction of sp³-hybridized carbons (Fsp3) is 0.375. The maximum atomic E-state index is 12.6. The zero-order chi connectivity index (χ0) is 15.2. The molecule has 0 spiro atoms. The van der Waals surface area contributed by atoms with Crippen molar-refractivity contribution in [1.29, 1.82) is 0 Å². The number of nitrogens with zero attached hydrogens (tertiary/aromatic N) is 4. The molecule has 2 aromatic heterocycles. The largest absolute Gasteiger partial charge is 0.379 e. The Hall–Kier alpha value is -2.34. The van der Waals surface area contributed by atoms with Crippen LogP contribution in [0.15, 0.2) is 43.1 Å². The summed E-state index contributed by atoms with van der Waals surface area (Å²) in [4.78, 5) is 26.8. The molecule has 1 saturated heterocycles. The van der Waals surface area contributed by atoms with E-state index >= 15 is 0 Å². The molecule has 0 aromatic carbocycles. The topological polar surface area (TPSA) is 68.2 Å². The second-order valence-corrected chi connectivity index (χ2v) is 5.33. The highest BCUT2D eigenvalue weighted by atomic mass is 16.5. The van der Waals surface area contributed by atoms with Crippen LogP contribution in [0.2, 0.25) is 0 Å². The number of hydrogen-bond acceptors (Lipinski definition) is 5. The molecular weight excluding hydrogens is 280 g/mol. The minimum atomic E-state index is 0.0250. The fourth-order valence-electron chi connectivity index (χ4n) is 2.60. The second-order valence-electron chi connectivity index (χ2n) is 5.33. The van der Waals surface area contributed by atoms with E-state index in [0.29, 0.717) is 31.9 Å². The van der Waals surface area contributed by atoms with Crippen LogP contribution in [0.1, 0.15) is 16.1 Å². The van der Waals surface area contributed by atoms with Gasteiger partial charge in [-0.05, 0) is 18.6 Å².